The molecular weight excluding hydrogens is 581 g/mol. The van der Waals surface area contributed by atoms with Crippen LogP contribution in [0.1, 0.15) is 39.0 Å². The van der Waals surface area contributed by atoms with Gasteiger partial charge in [0.15, 0.2) is 6.29 Å². The third-order valence-corrected chi connectivity index (χ3v) is 5.97. The van der Waals surface area contributed by atoms with Crippen LogP contribution in [-0.2, 0) is 38.2 Å². The van der Waals surface area contributed by atoms with E-state index >= 15 is 0 Å². The van der Waals surface area contributed by atoms with Gasteiger partial charge in [0.2, 0.25) is 0 Å². The Kier molecular flexibility index (Phi) is 14.5. The topological polar surface area (TPSA) is 110 Å². The molecule has 2 fully saturated rings. The third-order valence-electron chi connectivity index (χ3n) is 4.59. The number of hydrogen-bond donors (Lipinski definition) is 0. The van der Waals surface area contributed by atoms with Crippen molar-refractivity contribution in [2.24, 2.45) is 0 Å². The minimum atomic E-state index is -3.80. The van der Waals surface area contributed by atoms with Gasteiger partial charge in [0.25, 0.3) is 0 Å². The van der Waals surface area contributed by atoms with Crippen LogP contribution < -0.4 is 4.74 Å². The molecule has 1 aromatic carbocycles. The fourth-order valence-corrected chi connectivity index (χ4v) is 3.69. The maximum absolute atomic E-state index is 12.1. The SMILES string of the molecule is CCI.CCOC(C)=O.COc1ccc(C2OC[C@H]3OCC[C@@H](OS(=O)(=O)N(C)C)[C@@H]3O2)cc1. The van der Waals surface area contributed by atoms with Gasteiger partial charge < -0.3 is 23.7 Å². The van der Waals surface area contributed by atoms with Crippen molar-refractivity contribution in [1.82, 2.24) is 4.31 Å². The van der Waals surface area contributed by atoms with E-state index in [-0.39, 0.29) is 12.1 Å². The smallest absolute Gasteiger partial charge is 0.338 e. The predicted molar refractivity (Wildman–Crippen MR) is 135 cm³/mol. The van der Waals surface area contributed by atoms with Crippen LogP contribution in [0.3, 0.4) is 0 Å². The summed E-state index contributed by atoms with van der Waals surface area (Å²) in [6, 6.07) is 7.33. The van der Waals surface area contributed by atoms with Crippen molar-refractivity contribution < 1.29 is 41.1 Å². The highest BCUT2D eigenvalue weighted by atomic mass is 127. The normalized spacial score (nSPS) is 24.0. The summed E-state index contributed by atoms with van der Waals surface area (Å²) in [5.41, 5.74) is 0.819. The number of alkyl halides is 1. The number of fused-ring (bicyclic) bond motifs is 1. The van der Waals surface area contributed by atoms with E-state index in [1.165, 1.54) is 25.4 Å². The fourth-order valence-electron chi connectivity index (χ4n) is 3.00. The van der Waals surface area contributed by atoms with Crippen LogP contribution in [0, 0.1) is 0 Å². The molecule has 0 aliphatic carbocycles. The number of esters is 1. The lowest BCUT2D eigenvalue weighted by Crippen LogP contribution is -2.54. The van der Waals surface area contributed by atoms with Crippen LogP contribution in [0.5, 0.6) is 5.75 Å². The third kappa shape index (κ3) is 10.3. The highest BCUT2D eigenvalue weighted by Crippen LogP contribution is 2.34. The van der Waals surface area contributed by atoms with Crippen molar-refractivity contribution in [2.75, 3.05) is 45.5 Å². The molecule has 34 heavy (non-hydrogen) atoms. The zero-order valence-electron chi connectivity index (χ0n) is 20.6. The van der Waals surface area contributed by atoms with Crippen molar-refractivity contribution in [2.45, 2.75) is 51.8 Å². The Morgan fingerprint density at radius 3 is 2.26 bits per heavy atom. The number of rotatable bonds is 6. The molecule has 1 aromatic rings. The fraction of sp³-hybridized carbons (Fsp3) is 0.682. The number of benzene rings is 1. The van der Waals surface area contributed by atoms with Gasteiger partial charge >= 0.3 is 16.3 Å². The molecule has 0 radical (unpaired) electrons. The molecule has 4 atom stereocenters. The van der Waals surface area contributed by atoms with E-state index in [0.29, 0.717) is 26.2 Å². The summed E-state index contributed by atoms with van der Waals surface area (Å²) >= 11 is 2.29. The molecule has 0 bridgehead atoms. The Bertz CT molecular complexity index is 820. The second-order valence-corrected chi connectivity index (χ2v) is 10.6. The number of hydrogen-bond acceptors (Lipinski definition) is 9. The summed E-state index contributed by atoms with van der Waals surface area (Å²) in [6.45, 7) is 6.47. The van der Waals surface area contributed by atoms with E-state index in [4.69, 9.17) is 23.1 Å². The highest BCUT2D eigenvalue weighted by Gasteiger charge is 2.44. The van der Waals surface area contributed by atoms with E-state index in [0.717, 1.165) is 15.6 Å². The summed E-state index contributed by atoms with van der Waals surface area (Å²) in [5, 5.41) is 0. The second-order valence-electron chi connectivity index (χ2n) is 7.30. The molecule has 3 rings (SSSR count). The van der Waals surface area contributed by atoms with Crippen LogP contribution >= 0.6 is 22.6 Å². The maximum Gasteiger partial charge on any atom is 0.338 e. The van der Waals surface area contributed by atoms with Crippen molar-refractivity contribution >= 4 is 38.9 Å². The number of ether oxygens (including phenoxy) is 5. The molecule has 0 amide bonds. The number of methoxy groups -OCH3 is 1. The number of carbonyl (C=O) groups is 1. The zero-order valence-corrected chi connectivity index (χ0v) is 23.5. The first-order valence-electron chi connectivity index (χ1n) is 10.9. The monoisotopic (exact) mass is 617 g/mol. The summed E-state index contributed by atoms with van der Waals surface area (Å²) in [6.07, 6.45) is -1.67. The van der Waals surface area contributed by atoms with Gasteiger partial charge in [0.1, 0.15) is 24.1 Å². The number of carbonyl (C=O) groups excluding carboxylic acids is 1. The Labute approximate surface area is 216 Å². The van der Waals surface area contributed by atoms with E-state index in [2.05, 4.69) is 34.3 Å². The quantitative estimate of drug-likeness (QED) is 0.270. The van der Waals surface area contributed by atoms with Gasteiger partial charge in [0.05, 0.1) is 20.3 Å². The van der Waals surface area contributed by atoms with Crippen LogP contribution in [0.15, 0.2) is 24.3 Å². The van der Waals surface area contributed by atoms with Crippen molar-refractivity contribution in [1.29, 1.82) is 0 Å². The van der Waals surface area contributed by atoms with Gasteiger partial charge in [-0.1, -0.05) is 41.6 Å². The molecule has 2 aliphatic heterocycles. The lowest BCUT2D eigenvalue weighted by molar-refractivity contribution is -0.295. The number of nitrogens with zero attached hydrogens (tertiary/aromatic N) is 1. The van der Waals surface area contributed by atoms with Crippen molar-refractivity contribution in [3.05, 3.63) is 29.8 Å². The molecule has 0 saturated carbocycles. The summed E-state index contributed by atoms with van der Waals surface area (Å²) in [4.78, 5) is 9.82. The first kappa shape index (κ1) is 31.0. The minimum absolute atomic E-state index is 0.211. The predicted octanol–water partition coefficient (Wildman–Crippen LogP) is 3.10. The molecule has 2 aliphatic rings. The van der Waals surface area contributed by atoms with Crippen LogP contribution in [0.4, 0.5) is 0 Å². The Morgan fingerprint density at radius 2 is 1.79 bits per heavy atom. The Morgan fingerprint density at radius 1 is 1.18 bits per heavy atom. The van der Waals surface area contributed by atoms with Gasteiger partial charge in [-0.2, -0.15) is 12.7 Å². The molecule has 0 N–H and O–H groups in total. The molecule has 1 unspecified atom stereocenters. The lowest BCUT2D eigenvalue weighted by Gasteiger charge is -2.42. The number of halogens is 1. The largest absolute Gasteiger partial charge is 0.497 e. The van der Waals surface area contributed by atoms with Gasteiger partial charge in [-0.05, 0) is 23.5 Å². The van der Waals surface area contributed by atoms with E-state index in [9.17, 15) is 13.2 Å². The van der Waals surface area contributed by atoms with Crippen LogP contribution in [0.25, 0.3) is 0 Å². The van der Waals surface area contributed by atoms with E-state index in [1.54, 1.807) is 14.0 Å². The molecule has 2 saturated heterocycles. The van der Waals surface area contributed by atoms with Gasteiger partial charge in [-0.15, -0.1) is 0 Å². The van der Waals surface area contributed by atoms with Crippen LogP contribution in [-0.4, -0.2) is 82.5 Å². The molecule has 0 aromatic heterocycles. The van der Waals surface area contributed by atoms with Crippen molar-refractivity contribution in [3.63, 3.8) is 0 Å². The Hall–Kier alpha value is -1.03. The van der Waals surface area contributed by atoms with Gasteiger partial charge in [0, 0.05) is 39.6 Å². The summed E-state index contributed by atoms with van der Waals surface area (Å²) in [7, 11) is 0.653. The molecule has 196 valence electrons. The first-order valence-corrected chi connectivity index (χ1v) is 13.8. The Balaban J connectivity index is 0.000000551. The molecule has 12 heteroatoms. The van der Waals surface area contributed by atoms with E-state index < -0.39 is 28.8 Å². The highest BCUT2D eigenvalue weighted by molar-refractivity contribution is 14.1. The standard InChI is InChI=1S/C16H23NO7S.C4H8O2.C2H5I/c1-17(2)25(18,19)24-13-8-9-21-14-10-22-16(23-15(13)14)11-4-6-12(20-3)7-5-11;1-3-6-4(2)5;1-2-3/h4-7,13-16H,8-10H2,1-3H3;3H2,1-2H3;2H2,1H3/t13-,14-,15+,16?;;/m1../s1. The van der Waals surface area contributed by atoms with Gasteiger partial charge in [-0.25, -0.2) is 0 Å². The average Bonchev–Trinajstić information content (AvgIpc) is 2.80. The molecule has 10 nitrogen and oxygen atoms in total. The average molecular weight is 617 g/mol. The molecule has 0 spiro atoms. The van der Waals surface area contributed by atoms with Gasteiger partial charge in [-0.3, -0.25) is 8.98 Å². The summed E-state index contributed by atoms with van der Waals surface area (Å²) < 4.78 is 58.6. The van der Waals surface area contributed by atoms with E-state index in [1.807, 2.05) is 24.3 Å². The molecule has 2 heterocycles. The summed E-state index contributed by atoms with van der Waals surface area (Å²) in [5.74, 6) is 0.522. The lowest BCUT2D eigenvalue weighted by atomic mass is 10.0. The van der Waals surface area contributed by atoms with Crippen LogP contribution in [0.2, 0.25) is 0 Å². The second kappa shape index (κ2) is 15.9. The van der Waals surface area contributed by atoms with Crippen molar-refractivity contribution in [3.8, 4) is 5.75 Å². The molecular formula is C22H36INO9S. The minimum Gasteiger partial charge on any atom is -0.497 e. The first-order chi connectivity index (χ1) is 16.1. The zero-order chi connectivity index (χ0) is 25.7. The maximum atomic E-state index is 12.1.